The second kappa shape index (κ2) is 5.48. The molecule has 4 heteroatoms. The summed E-state index contributed by atoms with van der Waals surface area (Å²) in [7, 11) is 0. The van der Waals surface area contributed by atoms with E-state index in [4.69, 9.17) is 0 Å². The molecule has 0 bridgehead atoms. The van der Waals surface area contributed by atoms with Crippen molar-refractivity contribution in [2.75, 3.05) is 0 Å². The van der Waals surface area contributed by atoms with Crippen molar-refractivity contribution in [1.29, 1.82) is 0 Å². The summed E-state index contributed by atoms with van der Waals surface area (Å²) in [5.74, 6) is 0. The van der Waals surface area contributed by atoms with Gasteiger partial charge in [-0.2, -0.15) is 0 Å². The predicted octanol–water partition coefficient (Wildman–Crippen LogP) is 3.40. The van der Waals surface area contributed by atoms with Crippen LogP contribution in [-0.2, 0) is 13.1 Å². The van der Waals surface area contributed by atoms with Crippen LogP contribution in [0.25, 0.3) is 10.9 Å². The highest BCUT2D eigenvalue weighted by atomic mass is 19.3. The molecule has 0 spiro atoms. The molecule has 0 fully saturated rings. The molecule has 2 rings (SSSR count). The Morgan fingerprint density at radius 3 is 2.67 bits per heavy atom. The molecule has 0 saturated heterocycles. The van der Waals surface area contributed by atoms with Crippen molar-refractivity contribution in [3.63, 3.8) is 0 Å². The van der Waals surface area contributed by atoms with E-state index in [0.717, 1.165) is 23.0 Å². The van der Waals surface area contributed by atoms with E-state index in [2.05, 4.69) is 19.2 Å². The Bertz CT molecular complexity index is 517. The van der Waals surface area contributed by atoms with Gasteiger partial charge in [-0.3, -0.25) is 0 Å². The van der Waals surface area contributed by atoms with E-state index in [-0.39, 0.29) is 6.54 Å². The van der Waals surface area contributed by atoms with Gasteiger partial charge in [-0.05, 0) is 23.1 Å². The number of halogens is 2. The molecule has 1 aromatic carbocycles. The summed E-state index contributed by atoms with van der Waals surface area (Å²) in [6.07, 6.45) is -0.603. The van der Waals surface area contributed by atoms with E-state index < -0.39 is 6.43 Å². The maximum absolute atomic E-state index is 12.4. The van der Waals surface area contributed by atoms with Gasteiger partial charge in [-0.15, -0.1) is 0 Å². The van der Waals surface area contributed by atoms with Crippen LogP contribution in [0.1, 0.15) is 19.4 Å². The Morgan fingerprint density at radius 2 is 2.00 bits per heavy atom. The van der Waals surface area contributed by atoms with Crippen molar-refractivity contribution in [2.45, 2.75) is 39.4 Å². The van der Waals surface area contributed by atoms with Crippen molar-refractivity contribution in [3.8, 4) is 0 Å². The first-order valence-electron chi connectivity index (χ1n) is 6.15. The fraction of sp³-hybridized carbons (Fsp3) is 0.429. The molecule has 0 radical (unpaired) electrons. The number of alkyl halides is 2. The molecule has 0 unspecified atom stereocenters. The molecule has 2 aromatic rings. The Kier molecular flexibility index (Phi) is 3.97. The van der Waals surface area contributed by atoms with Crippen LogP contribution >= 0.6 is 0 Å². The number of nitrogens with zero attached hydrogens (tertiary/aromatic N) is 1. The molecule has 98 valence electrons. The van der Waals surface area contributed by atoms with Crippen molar-refractivity contribution in [1.82, 2.24) is 9.88 Å². The van der Waals surface area contributed by atoms with E-state index in [1.54, 1.807) is 10.8 Å². The maximum atomic E-state index is 12.4. The molecular formula is C14H18F2N2. The van der Waals surface area contributed by atoms with Crippen LogP contribution in [0, 0.1) is 0 Å². The lowest BCUT2D eigenvalue weighted by Gasteiger charge is -2.09. The van der Waals surface area contributed by atoms with Gasteiger partial charge in [-0.1, -0.05) is 26.0 Å². The van der Waals surface area contributed by atoms with Crippen molar-refractivity contribution in [3.05, 3.63) is 36.0 Å². The van der Waals surface area contributed by atoms with Gasteiger partial charge in [0.2, 0.25) is 0 Å². The smallest absolute Gasteiger partial charge is 0.256 e. The molecule has 0 atom stereocenters. The fourth-order valence-electron chi connectivity index (χ4n) is 1.97. The minimum absolute atomic E-state index is 0.245. The van der Waals surface area contributed by atoms with Gasteiger partial charge in [0.1, 0.15) is 0 Å². The SMILES string of the molecule is CC(C)NCc1ccc2ccn(CC(F)F)c2c1. The zero-order valence-electron chi connectivity index (χ0n) is 10.7. The van der Waals surface area contributed by atoms with Crippen LogP contribution in [0.3, 0.4) is 0 Å². The number of fused-ring (bicyclic) bond motifs is 1. The third-order valence-electron chi connectivity index (χ3n) is 2.89. The average molecular weight is 252 g/mol. The Morgan fingerprint density at radius 1 is 1.22 bits per heavy atom. The fourth-order valence-corrected chi connectivity index (χ4v) is 1.97. The number of benzene rings is 1. The minimum Gasteiger partial charge on any atom is -0.342 e. The van der Waals surface area contributed by atoms with Crippen LogP contribution in [0.4, 0.5) is 8.78 Å². The molecule has 0 saturated carbocycles. The highest BCUT2D eigenvalue weighted by Crippen LogP contribution is 2.19. The summed E-state index contributed by atoms with van der Waals surface area (Å²) in [5.41, 5.74) is 1.99. The standard InChI is InChI=1S/C14H18F2N2/c1-10(2)17-8-11-3-4-12-5-6-18(9-14(15)16)13(12)7-11/h3-7,10,14,17H,8-9H2,1-2H3. The quantitative estimate of drug-likeness (QED) is 0.863. The number of aromatic nitrogens is 1. The summed E-state index contributed by atoms with van der Waals surface area (Å²) >= 11 is 0. The van der Waals surface area contributed by atoms with Crippen LogP contribution < -0.4 is 5.32 Å². The largest absolute Gasteiger partial charge is 0.342 e. The molecule has 18 heavy (non-hydrogen) atoms. The molecule has 0 aliphatic heterocycles. The van der Waals surface area contributed by atoms with Gasteiger partial charge in [0.15, 0.2) is 0 Å². The molecule has 0 aliphatic rings. The third kappa shape index (κ3) is 3.07. The van der Waals surface area contributed by atoms with Gasteiger partial charge in [0.05, 0.1) is 6.54 Å². The highest BCUT2D eigenvalue weighted by Gasteiger charge is 2.07. The van der Waals surface area contributed by atoms with Crippen LogP contribution in [0.2, 0.25) is 0 Å². The van der Waals surface area contributed by atoms with Crippen molar-refractivity contribution in [2.24, 2.45) is 0 Å². The number of hydrogen-bond acceptors (Lipinski definition) is 1. The van der Waals surface area contributed by atoms with Gasteiger partial charge in [0.25, 0.3) is 6.43 Å². The van der Waals surface area contributed by atoms with Crippen LogP contribution in [0.5, 0.6) is 0 Å². The molecule has 0 amide bonds. The monoisotopic (exact) mass is 252 g/mol. The Hall–Kier alpha value is -1.42. The normalized spacial score (nSPS) is 11.9. The molecule has 1 aromatic heterocycles. The molecule has 2 nitrogen and oxygen atoms in total. The predicted molar refractivity (Wildman–Crippen MR) is 69.9 cm³/mol. The number of rotatable bonds is 5. The number of nitrogens with one attached hydrogen (secondary N) is 1. The van der Waals surface area contributed by atoms with Gasteiger partial charge >= 0.3 is 0 Å². The zero-order chi connectivity index (χ0) is 13.1. The van der Waals surface area contributed by atoms with E-state index in [0.29, 0.717) is 6.04 Å². The minimum atomic E-state index is -2.32. The zero-order valence-corrected chi connectivity index (χ0v) is 10.7. The van der Waals surface area contributed by atoms with Crippen molar-refractivity contribution >= 4 is 10.9 Å². The molecule has 0 aliphatic carbocycles. The van der Waals surface area contributed by atoms with E-state index in [1.165, 1.54) is 0 Å². The van der Waals surface area contributed by atoms with Crippen molar-refractivity contribution < 1.29 is 8.78 Å². The topological polar surface area (TPSA) is 17.0 Å². The van der Waals surface area contributed by atoms with Gasteiger partial charge in [-0.25, -0.2) is 8.78 Å². The highest BCUT2D eigenvalue weighted by molar-refractivity contribution is 5.80. The first-order valence-corrected chi connectivity index (χ1v) is 6.15. The number of hydrogen-bond donors (Lipinski definition) is 1. The van der Waals surface area contributed by atoms with Crippen LogP contribution in [-0.4, -0.2) is 17.0 Å². The maximum Gasteiger partial charge on any atom is 0.256 e. The summed E-state index contributed by atoms with van der Waals surface area (Å²) in [4.78, 5) is 0. The van der Waals surface area contributed by atoms with Gasteiger partial charge in [0, 0.05) is 24.3 Å². The van der Waals surface area contributed by atoms with E-state index >= 15 is 0 Å². The van der Waals surface area contributed by atoms with Gasteiger partial charge < -0.3 is 9.88 Å². The average Bonchev–Trinajstić information content (AvgIpc) is 2.68. The summed E-state index contributed by atoms with van der Waals surface area (Å²) < 4.78 is 26.5. The Labute approximate surface area is 106 Å². The summed E-state index contributed by atoms with van der Waals surface area (Å²) in [6, 6.07) is 8.28. The lowest BCUT2D eigenvalue weighted by molar-refractivity contribution is 0.128. The molecule has 1 heterocycles. The Balaban J connectivity index is 2.24. The summed E-state index contributed by atoms with van der Waals surface area (Å²) in [5, 5.41) is 4.33. The molecular weight excluding hydrogens is 234 g/mol. The second-order valence-corrected chi connectivity index (χ2v) is 4.79. The summed E-state index contributed by atoms with van der Waals surface area (Å²) in [6.45, 7) is 4.67. The first-order chi connectivity index (χ1) is 8.56. The van der Waals surface area contributed by atoms with Crippen LogP contribution in [0.15, 0.2) is 30.5 Å². The molecule has 1 N–H and O–H groups in total. The lowest BCUT2D eigenvalue weighted by Crippen LogP contribution is -2.21. The third-order valence-corrected chi connectivity index (χ3v) is 2.89. The lowest BCUT2D eigenvalue weighted by atomic mass is 10.1. The second-order valence-electron chi connectivity index (χ2n) is 4.79. The van der Waals surface area contributed by atoms with E-state index in [9.17, 15) is 8.78 Å². The first kappa shape index (κ1) is 13.0. The van der Waals surface area contributed by atoms with E-state index in [1.807, 2.05) is 24.3 Å².